The molecule has 0 aliphatic heterocycles. The third-order valence-corrected chi connectivity index (χ3v) is 5.36. The predicted octanol–water partition coefficient (Wildman–Crippen LogP) is 3.18. The lowest BCUT2D eigenvalue weighted by atomic mass is 9.92. The fraction of sp³-hybridized carbons (Fsp3) is 0.412. The maximum atomic E-state index is 6.01. The first-order chi connectivity index (χ1) is 11.7. The number of aromatic nitrogens is 3. The molecule has 1 saturated carbocycles. The second-order valence-electron chi connectivity index (χ2n) is 6.34. The van der Waals surface area contributed by atoms with E-state index in [2.05, 4.69) is 32.4 Å². The number of fused-ring (bicyclic) bond motifs is 1. The van der Waals surface area contributed by atoms with Crippen molar-refractivity contribution in [1.82, 2.24) is 14.6 Å². The van der Waals surface area contributed by atoms with E-state index in [4.69, 9.17) is 10.8 Å². The largest absolute Gasteiger partial charge is 0.385 e. The van der Waals surface area contributed by atoms with E-state index < -0.39 is 0 Å². The Kier molecular flexibility index (Phi) is 4.12. The Bertz CT molecular complexity index is 817. The summed E-state index contributed by atoms with van der Waals surface area (Å²) in [7, 11) is 1.91. The summed E-state index contributed by atoms with van der Waals surface area (Å²) in [5.74, 6) is 0.877. The first kappa shape index (κ1) is 15.4. The molecule has 0 spiro atoms. The van der Waals surface area contributed by atoms with Gasteiger partial charge in [-0.2, -0.15) is 11.3 Å². The van der Waals surface area contributed by atoms with E-state index in [0.29, 0.717) is 12.1 Å². The fourth-order valence-corrected chi connectivity index (χ4v) is 3.95. The number of nitrogens with one attached hydrogen (secondary N) is 2. The molecule has 0 bridgehead atoms. The molecule has 3 aromatic heterocycles. The van der Waals surface area contributed by atoms with Gasteiger partial charge in [0.05, 0.1) is 17.6 Å². The summed E-state index contributed by atoms with van der Waals surface area (Å²) in [6.45, 7) is 0. The van der Waals surface area contributed by atoms with Crippen LogP contribution in [-0.4, -0.2) is 33.7 Å². The van der Waals surface area contributed by atoms with Crippen LogP contribution in [0.25, 0.3) is 16.9 Å². The van der Waals surface area contributed by atoms with Gasteiger partial charge >= 0.3 is 0 Å². The molecule has 7 heteroatoms. The molecule has 6 nitrogen and oxygen atoms in total. The van der Waals surface area contributed by atoms with Gasteiger partial charge in [-0.05, 0) is 37.1 Å². The first-order valence-electron chi connectivity index (χ1n) is 8.36. The van der Waals surface area contributed by atoms with Gasteiger partial charge in [-0.3, -0.25) is 0 Å². The van der Waals surface area contributed by atoms with Gasteiger partial charge in [-0.15, -0.1) is 5.10 Å². The molecule has 0 unspecified atom stereocenters. The van der Waals surface area contributed by atoms with E-state index in [1.54, 1.807) is 11.3 Å². The molecular weight excluding hydrogens is 320 g/mol. The molecule has 1 fully saturated rings. The van der Waals surface area contributed by atoms with Gasteiger partial charge < -0.3 is 16.4 Å². The van der Waals surface area contributed by atoms with Gasteiger partial charge in [0.1, 0.15) is 5.82 Å². The van der Waals surface area contributed by atoms with Crippen LogP contribution < -0.4 is 16.4 Å². The molecule has 3 heterocycles. The molecule has 0 radical (unpaired) electrons. The van der Waals surface area contributed by atoms with Crippen molar-refractivity contribution < 1.29 is 0 Å². The molecule has 1 aliphatic carbocycles. The Balaban J connectivity index is 1.69. The quantitative estimate of drug-likeness (QED) is 0.678. The molecule has 0 atom stereocenters. The lowest BCUT2D eigenvalue weighted by Gasteiger charge is -2.27. The van der Waals surface area contributed by atoms with E-state index >= 15 is 0 Å². The van der Waals surface area contributed by atoms with Crippen LogP contribution in [0.1, 0.15) is 25.7 Å². The number of anilines is 2. The number of nitrogens with zero attached hydrogens (tertiary/aromatic N) is 3. The van der Waals surface area contributed by atoms with Crippen LogP contribution >= 0.6 is 11.3 Å². The summed E-state index contributed by atoms with van der Waals surface area (Å²) < 4.78 is 1.92. The zero-order valence-electron chi connectivity index (χ0n) is 13.7. The van der Waals surface area contributed by atoms with Crippen molar-refractivity contribution in [2.75, 3.05) is 17.7 Å². The van der Waals surface area contributed by atoms with E-state index in [9.17, 15) is 0 Å². The summed E-state index contributed by atoms with van der Waals surface area (Å²) in [5.41, 5.74) is 9.97. The predicted molar refractivity (Wildman–Crippen MR) is 99.7 cm³/mol. The third-order valence-electron chi connectivity index (χ3n) is 4.68. The van der Waals surface area contributed by atoms with Crippen LogP contribution in [0.15, 0.2) is 29.1 Å². The second kappa shape index (κ2) is 6.41. The smallest absolute Gasteiger partial charge is 0.177 e. The average Bonchev–Trinajstić information content (AvgIpc) is 3.25. The standard InChI is InChI=1S/C17H22N6S/c1-19-14-8-16(21-13-4-2-12(18)3-5-13)22-23-15(9-20-17(14)23)11-6-7-24-10-11/h6-10,12-13,19H,2-5,18H2,1H3,(H,21,22)/t12-,13-. The minimum Gasteiger partial charge on any atom is -0.385 e. The summed E-state index contributed by atoms with van der Waals surface area (Å²) in [4.78, 5) is 4.54. The molecule has 4 rings (SSSR count). The Morgan fingerprint density at radius 2 is 2.12 bits per heavy atom. The molecule has 1 aliphatic rings. The monoisotopic (exact) mass is 342 g/mol. The van der Waals surface area contributed by atoms with Crippen molar-refractivity contribution in [2.45, 2.75) is 37.8 Å². The van der Waals surface area contributed by atoms with Crippen molar-refractivity contribution in [3.63, 3.8) is 0 Å². The van der Waals surface area contributed by atoms with Crippen molar-refractivity contribution in [3.05, 3.63) is 29.1 Å². The molecule has 0 saturated heterocycles. The number of imidazole rings is 1. The highest BCUT2D eigenvalue weighted by atomic mass is 32.1. The first-order valence-corrected chi connectivity index (χ1v) is 9.30. The van der Waals surface area contributed by atoms with Crippen molar-refractivity contribution in [3.8, 4) is 11.3 Å². The van der Waals surface area contributed by atoms with E-state index in [1.165, 1.54) is 0 Å². The SMILES string of the molecule is CNc1cc(N[C@H]2CC[C@H](N)CC2)nn2c(-c3ccsc3)cnc12. The highest BCUT2D eigenvalue weighted by molar-refractivity contribution is 7.08. The van der Waals surface area contributed by atoms with Gasteiger partial charge in [0, 0.05) is 36.1 Å². The van der Waals surface area contributed by atoms with Gasteiger partial charge in [0.15, 0.2) is 5.65 Å². The van der Waals surface area contributed by atoms with Crippen LogP contribution in [0, 0.1) is 0 Å². The highest BCUT2D eigenvalue weighted by Gasteiger charge is 2.20. The van der Waals surface area contributed by atoms with Gasteiger partial charge in [0.25, 0.3) is 0 Å². The lowest BCUT2D eigenvalue weighted by molar-refractivity contribution is 0.410. The van der Waals surface area contributed by atoms with Crippen molar-refractivity contribution in [2.24, 2.45) is 5.73 Å². The highest BCUT2D eigenvalue weighted by Crippen LogP contribution is 2.28. The zero-order chi connectivity index (χ0) is 16.5. The van der Waals surface area contributed by atoms with Crippen LogP contribution in [0.3, 0.4) is 0 Å². The molecule has 126 valence electrons. The van der Waals surface area contributed by atoms with Crippen molar-refractivity contribution in [1.29, 1.82) is 0 Å². The Hall–Kier alpha value is -2.12. The summed E-state index contributed by atoms with van der Waals surface area (Å²) in [6, 6.07) is 4.92. The van der Waals surface area contributed by atoms with Gasteiger partial charge in [-0.1, -0.05) is 0 Å². The van der Waals surface area contributed by atoms with Gasteiger partial charge in [-0.25, -0.2) is 9.50 Å². The Morgan fingerprint density at radius 3 is 2.83 bits per heavy atom. The summed E-state index contributed by atoms with van der Waals surface area (Å²) in [5, 5.41) is 15.8. The molecule has 4 N–H and O–H groups in total. The maximum Gasteiger partial charge on any atom is 0.177 e. The molecule has 24 heavy (non-hydrogen) atoms. The zero-order valence-corrected chi connectivity index (χ0v) is 14.5. The number of thiophene rings is 1. The minimum atomic E-state index is 0.352. The van der Waals surface area contributed by atoms with Crippen LogP contribution in [0.2, 0.25) is 0 Å². The maximum absolute atomic E-state index is 6.01. The second-order valence-corrected chi connectivity index (χ2v) is 7.12. The molecule has 0 amide bonds. The van der Waals surface area contributed by atoms with Crippen LogP contribution in [-0.2, 0) is 0 Å². The summed E-state index contributed by atoms with van der Waals surface area (Å²) in [6.07, 6.45) is 6.22. The minimum absolute atomic E-state index is 0.352. The Morgan fingerprint density at radius 1 is 1.29 bits per heavy atom. The van der Waals surface area contributed by atoms with Crippen LogP contribution in [0.5, 0.6) is 0 Å². The number of rotatable bonds is 4. The number of nitrogens with two attached hydrogens (primary N) is 1. The molecular formula is C17H22N6S. The van der Waals surface area contributed by atoms with E-state index in [-0.39, 0.29) is 0 Å². The van der Waals surface area contributed by atoms with Gasteiger partial charge in [0.2, 0.25) is 0 Å². The normalized spacial score (nSPS) is 21.1. The van der Waals surface area contributed by atoms with E-state index in [0.717, 1.165) is 54.1 Å². The number of hydrogen-bond acceptors (Lipinski definition) is 6. The summed E-state index contributed by atoms with van der Waals surface area (Å²) >= 11 is 1.68. The van der Waals surface area contributed by atoms with Crippen molar-refractivity contribution >= 4 is 28.5 Å². The average molecular weight is 342 g/mol. The topological polar surface area (TPSA) is 80.3 Å². The number of hydrogen-bond donors (Lipinski definition) is 3. The van der Waals surface area contributed by atoms with Crippen LogP contribution in [0.4, 0.5) is 11.5 Å². The molecule has 0 aromatic carbocycles. The molecule has 3 aromatic rings. The lowest BCUT2D eigenvalue weighted by Crippen LogP contribution is -2.33. The Labute approximate surface area is 145 Å². The fourth-order valence-electron chi connectivity index (χ4n) is 3.30. The van der Waals surface area contributed by atoms with E-state index in [1.807, 2.05) is 23.8 Å². The third kappa shape index (κ3) is 2.85.